The largest absolute Gasteiger partial charge is 0.361 e. The number of carbonyl (C=O) groups is 1. The Kier molecular flexibility index (Phi) is 4.85. The second-order valence-corrected chi connectivity index (χ2v) is 4.65. The van der Waals surface area contributed by atoms with Crippen molar-refractivity contribution in [2.75, 3.05) is 7.05 Å². The molecule has 1 amide bonds. The number of nitrogens with zero attached hydrogens (tertiary/aromatic N) is 3. The Bertz CT molecular complexity index is 448. The van der Waals surface area contributed by atoms with Gasteiger partial charge in [-0.05, 0) is 0 Å². The fourth-order valence-electron chi connectivity index (χ4n) is 0.961. The molecular formula is C8H9ClN4O3S. The summed E-state index contributed by atoms with van der Waals surface area (Å²) in [6, 6.07) is 0. The fourth-order valence-corrected chi connectivity index (χ4v) is 1.88. The lowest BCUT2D eigenvalue weighted by Crippen LogP contribution is -2.28. The molecule has 0 aliphatic heterocycles. The van der Waals surface area contributed by atoms with Crippen molar-refractivity contribution in [2.45, 2.75) is 6.54 Å². The summed E-state index contributed by atoms with van der Waals surface area (Å²) in [5.41, 5.74) is 0. The quantitative estimate of drug-likeness (QED) is 0.477. The third-order valence-electron chi connectivity index (χ3n) is 1.73. The third kappa shape index (κ3) is 4.37. The predicted molar refractivity (Wildman–Crippen MR) is 62.9 cm³/mol. The number of hydrogen-bond acceptors (Lipinski definition) is 6. The van der Waals surface area contributed by atoms with Crippen molar-refractivity contribution < 1.29 is 9.72 Å². The highest BCUT2D eigenvalue weighted by Crippen LogP contribution is 2.17. The molecule has 1 heterocycles. The zero-order chi connectivity index (χ0) is 12.8. The number of hydrogen-bond donors (Lipinski definition) is 1. The number of halogens is 1. The second-order valence-electron chi connectivity index (χ2n) is 2.95. The predicted octanol–water partition coefficient (Wildman–Crippen LogP) is 1.05. The molecular weight excluding hydrogens is 268 g/mol. The smallest absolute Gasteiger partial charge is 0.274 e. The zero-order valence-corrected chi connectivity index (χ0v) is 10.4. The van der Waals surface area contributed by atoms with Crippen LogP contribution in [0.1, 0.15) is 4.88 Å². The molecule has 0 bridgehead atoms. The Morgan fingerprint density at radius 2 is 2.53 bits per heavy atom. The Labute approximate surface area is 106 Å². The van der Waals surface area contributed by atoms with E-state index in [2.05, 4.69) is 10.3 Å². The van der Waals surface area contributed by atoms with Crippen LogP contribution >= 0.6 is 22.9 Å². The van der Waals surface area contributed by atoms with Crippen molar-refractivity contribution in [3.63, 3.8) is 0 Å². The van der Waals surface area contributed by atoms with Gasteiger partial charge in [-0.1, -0.05) is 11.6 Å². The third-order valence-corrected chi connectivity index (χ3v) is 2.85. The molecule has 0 radical (unpaired) electrons. The number of nitro groups is 1. The number of carbonyl (C=O) groups excluding carboxylic acids is 1. The lowest BCUT2D eigenvalue weighted by Gasteiger charge is -2.14. The molecule has 1 aromatic heterocycles. The number of nitrogens with one attached hydrogen (secondary N) is 1. The molecule has 0 saturated carbocycles. The van der Waals surface area contributed by atoms with Gasteiger partial charge in [0.05, 0.1) is 11.5 Å². The Morgan fingerprint density at radius 3 is 3.00 bits per heavy atom. The van der Waals surface area contributed by atoms with Crippen LogP contribution in [0.2, 0.25) is 4.47 Å². The van der Waals surface area contributed by atoms with Gasteiger partial charge in [0.1, 0.15) is 0 Å². The van der Waals surface area contributed by atoms with Gasteiger partial charge in [0, 0.05) is 18.1 Å². The van der Waals surface area contributed by atoms with Gasteiger partial charge < -0.3 is 5.32 Å². The molecule has 0 spiro atoms. The molecule has 0 aromatic carbocycles. The summed E-state index contributed by atoms with van der Waals surface area (Å²) < 4.78 is 0.394. The summed E-state index contributed by atoms with van der Waals surface area (Å²) in [6.07, 6.45) is 2.75. The monoisotopic (exact) mass is 276 g/mol. The Morgan fingerprint density at radius 1 is 1.82 bits per heavy atom. The average molecular weight is 277 g/mol. The average Bonchev–Trinajstić information content (AvgIpc) is 2.68. The van der Waals surface area contributed by atoms with Crippen molar-refractivity contribution >= 4 is 29.3 Å². The van der Waals surface area contributed by atoms with E-state index in [0.29, 0.717) is 17.4 Å². The van der Waals surface area contributed by atoms with Crippen LogP contribution in [0.15, 0.2) is 18.2 Å². The highest BCUT2D eigenvalue weighted by molar-refractivity contribution is 7.15. The van der Waals surface area contributed by atoms with E-state index < -0.39 is 4.92 Å². The number of thiazole rings is 1. The molecule has 0 atom stereocenters. The second kappa shape index (κ2) is 6.16. The summed E-state index contributed by atoms with van der Waals surface area (Å²) >= 11 is 6.90. The minimum atomic E-state index is -0.637. The van der Waals surface area contributed by atoms with Crippen molar-refractivity contribution in [1.29, 1.82) is 0 Å². The van der Waals surface area contributed by atoms with Gasteiger partial charge in [-0.25, -0.2) is 4.98 Å². The van der Waals surface area contributed by atoms with E-state index in [1.165, 1.54) is 18.4 Å². The minimum absolute atomic E-state index is 0.0922. The van der Waals surface area contributed by atoms with E-state index in [-0.39, 0.29) is 5.82 Å². The molecule has 0 unspecified atom stereocenters. The van der Waals surface area contributed by atoms with Crippen LogP contribution in [0.3, 0.4) is 0 Å². The van der Waals surface area contributed by atoms with Gasteiger partial charge in [0.15, 0.2) is 10.3 Å². The van der Waals surface area contributed by atoms with Gasteiger partial charge >= 0.3 is 0 Å². The van der Waals surface area contributed by atoms with Gasteiger partial charge in [-0.2, -0.15) is 0 Å². The summed E-state index contributed by atoms with van der Waals surface area (Å²) in [6.45, 7) is 0.308. The minimum Gasteiger partial charge on any atom is -0.361 e. The van der Waals surface area contributed by atoms with Crippen molar-refractivity contribution in [3.05, 3.63) is 37.7 Å². The standard InChI is InChI=1S/C8H9ClN4O3S/c1-12(5-14)7(4-13(15)16)10-2-6-3-11-8(9)17-6/h3-5,10H,2H2,1H3. The normalized spacial score (nSPS) is 11.1. The molecule has 9 heteroatoms. The highest BCUT2D eigenvalue weighted by Gasteiger charge is 2.09. The molecule has 0 aliphatic rings. The van der Waals surface area contributed by atoms with E-state index in [9.17, 15) is 14.9 Å². The molecule has 92 valence electrons. The van der Waals surface area contributed by atoms with Gasteiger partial charge in [-0.3, -0.25) is 19.8 Å². The topological polar surface area (TPSA) is 88.4 Å². The molecule has 0 fully saturated rings. The number of rotatable bonds is 6. The maximum atomic E-state index is 10.5. The van der Waals surface area contributed by atoms with E-state index >= 15 is 0 Å². The van der Waals surface area contributed by atoms with Gasteiger partial charge in [-0.15, -0.1) is 11.3 Å². The van der Waals surface area contributed by atoms with E-state index in [4.69, 9.17) is 11.6 Å². The molecule has 1 aromatic rings. The van der Waals surface area contributed by atoms with Gasteiger partial charge in [0.25, 0.3) is 6.20 Å². The molecule has 7 nitrogen and oxygen atoms in total. The summed E-state index contributed by atoms with van der Waals surface area (Å²) in [5.74, 6) is 0.0922. The molecule has 1 N–H and O–H groups in total. The van der Waals surface area contributed by atoms with Crippen LogP contribution in [-0.2, 0) is 11.3 Å². The van der Waals surface area contributed by atoms with Crippen LogP contribution in [0.5, 0.6) is 0 Å². The Balaban J connectivity index is 2.67. The van der Waals surface area contributed by atoms with Crippen molar-refractivity contribution in [3.8, 4) is 0 Å². The maximum absolute atomic E-state index is 10.5. The highest BCUT2D eigenvalue weighted by atomic mass is 35.5. The Hall–Kier alpha value is -1.67. The first-order chi connectivity index (χ1) is 8.02. The van der Waals surface area contributed by atoms with Crippen LogP contribution in [0.4, 0.5) is 0 Å². The molecule has 1 rings (SSSR count). The van der Waals surface area contributed by atoms with Crippen LogP contribution in [0.25, 0.3) is 0 Å². The SMILES string of the molecule is CN(C=O)C(=C[N+](=O)[O-])NCc1cnc(Cl)s1. The van der Waals surface area contributed by atoms with Crippen LogP contribution < -0.4 is 5.32 Å². The van der Waals surface area contributed by atoms with E-state index in [1.54, 1.807) is 6.20 Å². The summed E-state index contributed by atoms with van der Waals surface area (Å²) in [5, 5.41) is 13.1. The lowest BCUT2D eigenvalue weighted by atomic mass is 10.5. The summed E-state index contributed by atoms with van der Waals surface area (Å²) in [7, 11) is 1.41. The van der Waals surface area contributed by atoms with Crippen LogP contribution in [0, 0.1) is 10.1 Å². The van der Waals surface area contributed by atoms with Crippen molar-refractivity contribution in [1.82, 2.24) is 15.2 Å². The number of aromatic nitrogens is 1. The molecule has 0 saturated heterocycles. The van der Waals surface area contributed by atoms with Crippen LogP contribution in [-0.4, -0.2) is 28.3 Å². The lowest BCUT2D eigenvalue weighted by molar-refractivity contribution is -0.404. The van der Waals surface area contributed by atoms with Crippen molar-refractivity contribution in [2.24, 2.45) is 0 Å². The zero-order valence-electron chi connectivity index (χ0n) is 8.79. The summed E-state index contributed by atoms with van der Waals surface area (Å²) in [4.78, 5) is 26.0. The first-order valence-corrected chi connectivity index (χ1v) is 5.60. The fraction of sp³-hybridized carbons (Fsp3) is 0.250. The first-order valence-electron chi connectivity index (χ1n) is 4.40. The molecule has 0 aliphatic carbocycles. The number of amides is 1. The van der Waals surface area contributed by atoms with E-state index in [0.717, 1.165) is 16.0 Å². The first kappa shape index (κ1) is 13.4. The van der Waals surface area contributed by atoms with Gasteiger partial charge in [0.2, 0.25) is 6.41 Å². The maximum Gasteiger partial charge on any atom is 0.274 e. The molecule has 17 heavy (non-hydrogen) atoms. The van der Waals surface area contributed by atoms with E-state index in [1.807, 2.05) is 0 Å².